The molecule has 3 rings (SSSR count). The van der Waals surface area contributed by atoms with E-state index in [0.29, 0.717) is 52.3 Å². The third-order valence-electron chi connectivity index (χ3n) is 4.19. The van der Waals surface area contributed by atoms with Gasteiger partial charge in [-0.1, -0.05) is 18.3 Å². The first-order valence-electron chi connectivity index (χ1n) is 8.40. The average Bonchev–Trinajstić information content (AvgIpc) is 3.27. The van der Waals surface area contributed by atoms with E-state index in [9.17, 15) is 9.59 Å². The average molecular weight is 375 g/mol. The maximum absolute atomic E-state index is 12.8. The first-order valence-corrected chi connectivity index (χ1v) is 9.22. The molecule has 1 aliphatic heterocycles. The highest BCUT2D eigenvalue weighted by Crippen LogP contribution is 2.33. The van der Waals surface area contributed by atoms with Crippen LogP contribution in [0.1, 0.15) is 35.1 Å². The van der Waals surface area contributed by atoms with Gasteiger partial charge in [-0.3, -0.25) is 14.5 Å². The highest BCUT2D eigenvalue weighted by Gasteiger charge is 2.27. The number of nitrogens with one attached hydrogen (secondary N) is 1. The molecule has 0 unspecified atom stereocenters. The summed E-state index contributed by atoms with van der Waals surface area (Å²) in [4.78, 5) is 31.4. The van der Waals surface area contributed by atoms with Crippen molar-refractivity contribution >= 4 is 34.0 Å². The summed E-state index contributed by atoms with van der Waals surface area (Å²) in [7, 11) is 3.10. The molecule has 1 saturated heterocycles. The van der Waals surface area contributed by atoms with Crippen molar-refractivity contribution in [3.05, 3.63) is 28.8 Å². The van der Waals surface area contributed by atoms with Crippen molar-refractivity contribution in [1.82, 2.24) is 4.98 Å². The first kappa shape index (κ1) is 18.2. The number of anilines is 2. The quantitative estimate of drug-likeness (QED) is 0.839. The second kappa shape index (κ2) is 7.74. The largest absolute Gasteiger partial charge is 0.497 e. The van der Waals surface area contributed by atoms with Crippen LogP contribution in [0.25, 0.3) is 0 Å². The van der Waals surface area contributed by atoms with Crippen molar-refractivity contribution in [1.29, 1.82) is 0 Å². The maximum Gasteiger partial charge on any atom is 0.267 e. The summed E-state index contributed by atoms with van der Waals surface area (Å²) in [6.07, 6.45) is 1.97. The van der Waals surface area contributed by atoms with Crippen LogP contribution >= 0.6 is 11.3 Å². The highest BCUT2D eigenvalue weighted by molar-refractivity contribution is 7.18. The number of aryl methyl sites for hydroxylation is 1. The normalized spacial score (nSPS) is 13.8. The zero-order valence-electron chi connectivity index (χ0n) is 15.0. The van der Waals surface area contributed by atoms with Crippen LogP contribution in [0.5, 0.6) is 11.5 Å². The zero-order valence-corrected chi connectivity index (χ0v) is 15.8. The Hall–Kier alpha value is -2.61. The molecule has 1 fully saturated rings. The number of ether oxygens (including phenoxy) is 2. The Morgan fingerprint density at radius 2 is 2.15 bits per heavy atom. The SMILES string of the molecule is CCc1nc(N2CCCC2=O)sc1C(=O)Nc1ccc(OC)cc1OC. The molecule has 1 aliphatic rings. The lowest BCUT2D eigenvalue weighted by atomic mass is 10.2. The maximum atomic E-state index is 12.8. The molecular formula is C18H21N3O4S. The lowest BCUT2D eigenvalue weighted by Gasteiger charge is -2.11. The van der Waals surface area contributed by atoms with Crippen molar-refractivity contribution < 1.29 is 19.1 Å². The van der Waals surface area contributed by atoms with Crippen molar-refractivity contribution in [2.24, 2.45) is 0 Å². The fourth-order valence-corrected chi connectivity index (χ4v) is 3.90. The molecule has 1 aromatic heterocycles. The van der Waals surface area contributed by atoms with Crippen LogP contribution in [0, 0.1) is 0 Å². The summed E-state index contributed by atoms with van der Waals surface area (Å²) in [5.74, 6) is 0.947. The summed E-state index contributed by atoms with van der Waals surface area (Å²) in [5.41, 5.74) is 1.24. The number of carbonyl (C=O) groups excluding carboxylic acids is 2. The van der Waals surface area contributed by atoms with Crippen molar-refractivity contribution in [3.8, 4) is 11.5 Å². The number of rotatable bonds is 6. The number of hydrogen-bond acceptors (Lipinski definition) is 6. The highest BCUT2D eigenvalue weighted by atomic mass is 32.1. The molecule has 0 radical (unpaired) electrons. The predicted octanol–water partition coefficient (Wildman–Crippen LogP) is 3.10. The van der Waals surface area contributed by atoms with Gasteiger partial charge in [0.05, 0.1) is 25.6 Å². The molecule has 2 heterocycles. The molecule has 1 N–H and O–H groups in total. The van der Waals surface area contributed by atoms with Gasteiger partial charge in [0.1, 0.15) is 16.4 Å². The van der Waals surface area contributed by atoms with Crippen molar-refractivity contribution in [2.75, 3.05) is 31.0 Å². The Kier molecular flexibility index (Phi) is 5.41. The minimum Gasteiger partial charge on any atom is -0.497 e. The predicted molar refractivity (Wildman–Crippen MR) is 101 cm³/mol. The van der Waals surface area contributed by atoms with Gasteiger partial charge in [-0.15, -0.1) is 0 Å². The zero-order chi connectivity index (χ0) is 18.7. The van der Waals surface area contributed by atoms with E-state index >= 15 is 0 Å². The van der Waals surface area contributed by atoms with Crippen LogP contribution in [0.2, 0.25) is 0 Å². The van der Waals surface area contributed by atoms with Crippen LogP contribution in [0.3, 0.4) is 0 Å². The number of methoxy groups -OCH3 is 2. The first-order chi connectivity index (χ1) is 12.6. The lowest BCUT2D eigenvalue weighted by molar-refractivity contribution is -0.117. The van der Waals surface area contributed by atoms with E-state index in [-0.39, 0.29) is 11.8 Å². The van der Waals surface area contributed by atoms with Gasteiger partial charge >= 0.3 is 0 Å². The van der Waals surface area contributed by atoms with Gasteiger partial charge in [-0.2, -0.15) is 0 Å². The van der Waals surface area contributed by atoms with Crippen LogP contribution in [-0.4, -0.2) is 37.6 Å². The van der Waals surface area contributed by atoms with Crippen LogP contribution in [0.4, 0.5) is 10.8 Å². The van der Waals surface area contributed by atoms with Crippen molar-refractivity contribution in [3.63, 3.8) is 0 Å². The van der Waals surface area contributed by atoms with Gasteiger partial charge in [0.2, 0.25) is 5.91 Å². The molecule has 1 aromatic carbocycles. The fourth-order valence-electron chi connectivity index (χ4n) is 2.80. The van der Waals surface area contributed by atoms with Gasteiger partial charge in [0.25, 0.3) is 5.91 Å². The molecule has 0 saturated carbocycles. The Morgan fingerprint density at radius 3 is 2.77 bits per heavy atom. The number of nitrogens with zero attached hydrogens (tertiary/aromatic N) is 2. The molecule has 2 aromatic rings. The van der Waals surface area contributed by atoms with Crippen molar-refractivity contribution in [2.45, 2.75) is 26.2 Å². The van der Waals surface area contributed by atoms with E-state index in [1.807, 2.05) is 6.92 Å². The van der Waals surface area contributed by atoms with Gasteiger partial charge in [0, 0.05) is 19.0 Å². The Balaban J connectivity index is 1.86. The monoisotopic (exact) mass is 375 g/mol. The van der Waals surface area contributed by atoms with Gasteiger partial charge in [-0.25, -0.2) is 4.98 Å². The Bertz CT molecular complexity index is 834. The van der Waals surface area contributed by atoms with E-state index in [4.69, 9.17) is 9.47 Å². The number of benzene rings is 1. The number of amides is 2. The summed E-state index contributed by atoms with van der Waals surface area (Å²) in [6, 6.07) is 5.18. The molecule has 0 spiro atoms. The molecule has 0 aliphatic carbocycles. The molecule has 7 nitrogen and oxygen atoms in total. The Morgan fingerprint density at radius 1 is 1.35 bits per heavy atom. The minimum absolute atomic E-state index is 0.0604. The van der Waals surface area contributed by atoms with Gasteiger partial charge in [-0.05, 0) is 25.0 Å². The summed E-state index contributed by atoms with van der Waals surface area (Å²) < 4.78 is 10.5. The van der Waals surface area contributed by atoms with Gasteiger partial charge < -0.3 is 14.8 Å². The second-order valence-corrected chi connectivity index (χ2v) is 6.77. The van der Waals surface area contributed by atoms with E-state index < -0.39 is 0 Å². The number of carbonyl (C=O) groups is 2. The number of aromatic nitrogens is 1. The molecule has 26 heavy (non-hydrogen) atoms. The second-order valence-electron chi connectivity index (χ2n) is 5.80. The van der Waals surface area contributed by atoms with Gasteiger partial charge in [0.15, 0.2) is 5.13 Å². The fraction of sp³-hybridized carbons (Fsp3) is 0.389. The standard InChI is InChI=1S/C18H21N3O4S/c1-4-12-16(26-18(20-12)21-9-5-6-15(21)22)17(23)19-13-8-7-11(24-2)10-14(13)25-3/h7-8,10H,4-6,9H2,1-3H3,(H,19,23). The van der Waals surface area contributed by atoms with Crippen LogP contribution in [-0.2, 0) is 11.2 Å². The number of hydrogen-bond donors (Lipinski definition) is 1. The molecule has 8 heteroatoms. The molecule has 0 atom stereocenters. The topological polar surface area (TPSA) is 80.8 Å². The van der Waals surface area contributed by atoms with E-state index in [1.165, 1.54) is 18.4 Å². The van der Waals surface area contributed by atoms with Crippen LogP contribution < -0.4 is 19.7 Å². The summed E-state index contributed by atoms with van der Waals surface area (Å²) in [5, 5.41) is 3.46. The third kappa shape index (κ3) is 3.50. The molecular weight excluding hydrogens is 354 g/mol. The summed E-state index contributed by atoms with van der Waals surface area (Å²) >= 11 is 1.25. The molecule has 0 bridgehead atoms. The lowest BCUT2D eigenvalue weighted by Crippen LogP contribution is -2.23. The van der Waals surface area contributed by atoms with E-state index in [1.54, 1.807) is 30.2 Å². The third-order valence-corrected chi connectivity index (χ3v) is 5.31. The summed E-state index contributed by atoms with van der Waals surface area (Å²) in [6.45, 7) is 2.60. The molecule has 138 valence electrons. The molecule has 2 amide bonds. The van der Waals surface area contributed by atoms with E-state index in [0.717, 1.165) is 6.42 Å². The van der Waals surface area contributed by atoms with Crippen LogP contribution in [0.15, 0.2) is 18.2 Å². The Labute approximate surface area is 155 Å². The number of thiazole rings is 1. The minimum atomic E-state index is -0.263. The smallest absolute Gasteiger partial charge is 0.267 e. The van der Waals surface area contributed by atoms with E-state index in [2.05, 4.69) is 10.3 Å².